The summed E-state index contributed by atoms with van der Waals surface area (Å²) in [4.78, 5) is 37.9. The van der Waals surface area contributed by atoms with Gasteiger partial charge in [0.05, 0.1) is 0 Å². The Morgan fingerprint density at radius 2 is 0.559 bits per heavy atom. The summed E-state index contributed by atoms with van der Waals surface area (Å²) in [6.45, 7) is 11.4. The maximum Gasteiger partial charge on any atom is 0.306 e. The Bertz CT molecular complexity index is 900. The molecule has 0 saturated heterocycles. The maximum absolute atomic E-state index is 12.7. The van der Waals surface area contributed by atoms with Crippen molar-refractivity contribution >= 4 is 17.9 Å². The number of hydrogen-bond acceptors (Lipinski definition) is 6. The van der Waals surface area contributed by atoms with Crippen molar-refractivity contribution in [1.29, 1.82) is 0 Å². The second-order valence-corrected chi connectivity index (χ2v) is 19.1. The molecular weight excluding hydrogens is 733 g/mol. The molecule has 0 unspecified atom stereocenters. The number of carbonyl (C=O) groups is 3. The number of ether oxygens (including phenoxy) is 3. The third-order valence-electron chi connectivity index (χ3n) is 12.0. The molecule has 6 nitrogen and oxygen atoms in total. The van der Waals surface area contributed by atoms with Crippen LogP contribution in [-0.4, -0.2) is 37.2 Å². The smallest absolute Gasteiger partial charge is 0.306 e. The molecule has 6 heteroatoms. The Kier molecular flexibility index (Phi) is 44.7. The Morgan fingerprint density at radius 3 is 0.831 bits per heavy atom. The molecule has 0 aromatic heterocycles. The number of carbonyl (C=O) groups excluding carboxylic acids is 3. The van der Waals surface area contributed by atoms with Crippen LogP contribution in [0.4, 0.5) is 0 Å². The Morgan fingerprint density at radius 1 is 0.322 bits per heavy atom. The first kappa shape index (κ1) is 57.4. The van der Waals surface area contributed by atoms with E-state index < -0.39 is 6.10 Å². The van der Waals surface area contributed by atoms with Crippen LogP contribution in [-0.2, 0) is 28.6 Å². The molecule has 0 rings (SSSR count). The van der Waals surface area contributed by atoms with Crippen molar-refractivity contribution in [2.45, 2.75) is 298 Å². The zero-order valence-electron chi connectivity index (χ0n) is 40.4. The van der Waals surface area contributed by atoms with E-state index in [2.05, 4.69) is 34.6 Å². The summed E-state index contributed by atoms with van der Waals surface area (Å²) in [5.41, 5.74) is 0. The monoisotopic (exact) mass is 835 g/mol. The van der Waals surface area contributed by atoms with E-state index in [1.165, 1.54) is 180 Å². The van der Waals surface area contributed by atoms with Gasteiger partial charge in [-0.2, -0.15) is 0 Å². The van der Waals surface area contributed by atoms with Crippen molar-refractivity contribution in [2.75, 3.05) is 13.2 Å². The van der Waals surface area contributed by atoms with Crippen LogP contribution in [0.2, 0.25) is 0 Å². The minimum absolute atomic E-state index is 0.0636. The van der Waals surface area contributed by atoms with E-state index >= 15 is 0 Å². The first-order valence-corrected chi connectivity index (χ1v) is 26.2. The van der Waals surface area contributed by atoms with Gasteiger partial charge in [0.1, 0.15) is 13.2 Å². The zero-order chi connectivity index (χ0) is 43.3. The predicted octanol–water partition coefficient (Wildman–Crippen LogP) is 16.9. The fourth-order valence-electron chi connectivity index (χ4n) is 7.99. The van der Waals surface area contributed by atoms with Crippen molar-refractivity contribution in [3.05, 3.63) is 0 Å². The van der Waals surface area contributed by atoms with Gasteiger partial charge >= 0.3 is 17.9 Å². The predicted molar refractivity (Wildman–Crippen MR) is 252 cm³/mol. The standard InChI is InChI=1S/C53H102O6/c1-6-7-8-9-10-21-30-35-40-45-53(56)59-50(47-58-52(55)44-39-34-29-25-20-16-18-23-27-32-37-42-49(4)5)46-57-51(54)43-38-33-28-24-19-15-13-11-12-14-17-22-26-31-36-41-48(2)3/h48-50H,6-47H2,1-5H3/t50-/m0/s1. The molecule has 0 aliphatic carbocycles. The topological polar surface area (TPSA) is 78.9 Å². The van der Waals surface area contributed by atoms with E-state index in [9.17, 15) is 14.4 Å². The highest BCUT2D eigenvalue weighted by atomic mass is 16.6. The molecule has 0 amide bonds. The van der Waals surface area contributed by atoms with Crippen LogP contribution < -0.4 is 0 Å². The lowest BCUT2D eigenvalue weighted by molar-refractivity contribution is -0.167. The lowest BCUT2D eigenvalue weighted by Crippen LogP contribution is -2.30. The fraction of sp³-hybridized carbons (Fsp3) is 0.943. The fourth-order valence-corrected chi connectivity index (χ4v) is 7.99. The van der Waals surface area contributed by atoms with Gasteiger partial charge in [-0.3, -0.25) is 14.4 Å². The SMILES string of the molecule is CCCCCCCCCCCC(=O)O[C@@H](COC(=O)CCCCCCCCCCCCCCCCCC(C)C)COC(=O)CCCCCCCCCCCCCC(C)C. The van der Waals surface area contributed by atoms with Crippen LogP contribution in [0.25, 0.3) is 0 Å². The summed E-state index contributed by atoms with van der Waals surface area (Å²) >= 11 is 0. The van der Waals surface area contributed by atoms with E-state index in [1.54, 1.807) is 0 Å². The van der Waals surface area contributed by atoms with Crippen LogP contribution in [0.15, 0.2) is 0 Å². The first-order valence-electron chi connectivity index (χ1n) is 26.2. The lowest BCUT2D eigenvalue weighted by Gasteiger charge is -2.18. The molecule has 0 heterocycles. The van der Waals surface area contributed by atoms with E-state index in [0.717, 1.165) is 69.6 Å². The molecule has 0 aliphatic rings. The summed E-state index contributed by atoms with van der Waals surface area (Å²) < 4.78 is 16.8. The summed E-state index contributed by atoms with van der Waals surface area (Å²) in [6, 6.07) is 0. The summed E-state index contributed by atoms with van der Waals surface area (Å²) in [5.74, 6) is 0.826. The van der Waals surface area contributed by atoms with E-state index in [4.69, 9.17) is 14.2 Å². The molecule has 0 aromatic carbocycles. The van der Waals surface area contributed by atoms with E-state index in [-0.39, 0.29) is 31.1 Å². The van der Waals surface area contributed by atoms with Crippen molar-refractivity contribution in [3.8, 4) is 0 Å². The third-order valence-corrected chi connectivity index (χ3v) is 12.0. The van der Waals surface area contributed by atoms with Crippen LogP contribution in [0.3, 0.4) is 0 Å². The van der Waals surface area contributed by atoms with Gasteiger partial charge in [-0.05, 0) is 31.1 Å². The largest absolute Gasteiger partial charge is 0.462 e. The third kappa shape index (κ3) is 47.3. The molecular formula is C53H102O6. The van der Waals surface area contributed by atoms with Gasteiger partial charge in [-0.25, -0.2) is 0 Å². The van der Waals surface area contributed by atoms with Gasteiger partial charge in [-0.15, -0.1) is 0 Å². The Balaban J connectivity index is 4.22. The summed E-state index contributed by atoms with van der Waals surface area (Å²) in [6.07, 6.45) is 46.6. The molecule has 0 spiro atoms. The zero-order valence-corrected chi connectivity index (χ0v) is 40.4. The molecule has 0 radical (unpaired) electrons. The molecule has 59 heavy (non-hydrogen) atoms. The van der Waals surface area contributed by atoms with Gasteiger partial charge < -0.3 is 14.2 Å². The van der Waals surface area contributed by atoms with Crippen molar-refractivity contribution in [2.24, 2.45) is 11.8 Å². The van der Waals surface area contributed by atoms with Crippen molar-refractivity contribution in [3.63, 3.8) is 0 Å². The normalized spacial score (nSPS) is 12.1. The van der Waals surface area contributed by atoms with Crippen molar-refractivity contribution < 1.29 is 28.6 Å². The molecule has 0 bridgehead atoms. The average Bonchev–Trinajstić information content (AvgIpc) is 3.20. The highest BCUT2D eigenvalue weighted by Gasteiger charge is 2.19. The maximum atomic E-state index is 12.7. The van der Waals surface area contributed by atoms with Gasteiger partial charge in [-0.1, -0.05) is 253 Å². The van der Waals surface area contributed by atoms with Crippen LogP contribution >= 0.6 is 0 Å². The van der Waals surface area contributed by atoms with Gasteiger partial charge in [0.15, 0.2) is 6.10 Å². The van der Waals surface area contributed by atoms with Crippen LogP contribution in [0.5, 0.6) is 0 Å². The molecule has 1 atom stereocenters. The number of esters is 3. The second-order valence-electron chi connectivity index (χ2n) is 19.1. The number of unbranched alkanes of at least 4 members (excludes halogenated alkanes) is 32. The first-order chi connectivity index (χ1) is 28.7. The van der Waals surface area contributed by atoms with E-state index in [1.807, 2.05) is 0 Å². The molecule has 0 aliphatic heterocycles. The Hall–Kier alpha value is -1.59. The van der Waals surface area contributed by atoms with Gasteiger partial charge in [0.2, 0.25) is 0 Å². The van der Waals surface area contributed by atoms with Crippen molar-refractivity contribution in [1.82, 2.24) is 0 Å². The number of rotatable bonds is 47. The minimum atomic E-state index is -0.760. The van der Waals surface area contributed by atoms with Gasteiger partial charge in [0, 0.05) is 19.3 Å². The highest BCUT2D eigenvalue weighted by Crippen LogP contribution is 2.17. The lowest BCUT2D eigenvalue weighted by atomic mass is 10.0. The molecule has 350 valence electrons. The second kappa shape index (κ2) is 45.9. The number of hydrogen-bond donors (Lipinski definition) is 0. The van der Waals surface area contributed by atoms with Crippen LogP contribution in [0.1, 0.15) is 291 Å². The molecule has 0 saturated carbocycles. The molecule has 0 aromatic rings. The summed E-state index contributed by atoms with van der Waals surface area (Å²) in [5, 5.41) is 0. The molecule has 0 fully saturated rings. The summed E-state index contributed by atoms with van der Waals surface area (Å²) in [7, 11) is 0. The average molecular weight is 835 g/mol. The van der Waals surface area contributed by atoms with Crippen LogP contribution in [0, 0.1) is 11.8 Å². The quantitative estimate of drug-likeness (QED) is 0.0345. The molecule has 0 N–H and O–H groups in total. The Labute approximate surface area is 368 Å². The van der Waals surface area contributed by atoms with Gasteiger partial charge in [0.25, 0.3) is 0 Å². The minimum Gasteiger partial charge on any atom is -0.462 e. The highest BCUT2D eigenvalue weighted by molar-refractivity contribution is 5.71. The van der Waals surface area contributed by atoms with E-state index in [0.29, 0.717) is 19.3 Å².